The maximum absolute atomic E-state index is 12.0. The molecular formula is C21H23ClN4O4. The van der Waals surface area contributed by atoms with E-state index in [0.29, 0.717) is 28.6 Å². The smallest absolute Gasteiger partial charge is 0.329 e. The Hall–Kier alpha value is -3.39. The number of benzene rings is 2. The number of hydrogen-bond acceptors (Lipinski definition) is 5. The van der Waals surface area contributed by atoms with Crippen LogP contribution in [0, 0.1) is 0 Å². The third-order valence-corrected chi connectivity index (χ3v) is 3.97. The van der Waals surface area contributed by atoms with E-state index >= 15 is 0 Å². The van der Waals surface area contributed by atoms with Gasteiger partial charge in [0.25, 0.3) is 5.91 Å². The van der Waals surface area contributed by atoms with Crippen LogP contribution in [-0.4, -0.2) is 37.1 Å². The molecule has 3 amide bonds. The van der Waals surface area contributed by atoms with Gasteiger partial charge >= 0.3 is 11.8 Å². The average Bonchev–Trinajstić information content (AvgIpc) is 2.72. The molecule has 0 aromatic heterocycles. The van der Waals surface area contributed by atoms with E-state index in [-0.39, 0.29) is 12.5 Å². The summed E-state index contributed by atoms with van der Waals surface area (Å²) in [5.74, 6) is -1.46. The van der Waals surface area contributed by atoms with Gasteiger partial charge in [0.05, 0.1) is 6.21 Å². The number of amides is 3. The van der Waals surface area contributed by atoms with Crippen molar-refractivity contribution < 1.29 is 19.1 Å². The van der Waals surface area contributed by atoms with Gasteiger partial charge in [-0.3, -0.25) is 14.4 Å². The quantitative estimate of drug-likeness (QED) is 0.246. The van der Waals surface area contributed by atoms with Crippen LogP contribution in [0.4, 0.5) is 5.69 Å². The number of carbonyl (C=O) groups excluding carboxylic acids is 3. The summed E-state index contributed by atoms with van der Waals surface area (Å²) in [5.41, 5.74) is 3.36. The number of halogens is 1. The number of hydrogen-bond donors (Lipinski definition) is 3. The molecule has 0 fully saturated rings. The topological polar surface area (TPSA) is 109 Å². The molecule has 30 heavy (non-hydrogen) atoms. The monoisotopic (exact) mass is 430 g/mol. The standard InChI is InChI=1S/C21H23ClN4O4/c1-2-3-10-23-20(28)21(29)26-24-13-15-6-4-9-18(11-15)30-14-19(27)25-17-8-5-7-16(22)12-17/h4-9,11-13H,2-3,10,14H2,1H3,(H,23,28)(H,25,27)(H,26,29)/b24-13-. The number of anilines is 1. The van der Waals surface area contributed by atoms with Crippen molar-refractivity contribution in [1.82, 2.24) is 10.7 Å². The van der Waals surface area contributed by atoms with Crippen LogP contribution in [0.1, 0.15) is 25.3 Å². The summed E-state index contributed by atoms with van der Waals surface area (Å²) < 4.78 is 5.47. The van der Waals surface area contributed by atoms with Gasteiger partial charge in [-0.15, -0.1) is 0 Å². The highest BCUT2D eigenvalue weighted by Crippen LogP contribution is 2.15. The van der Waals surface area contributed by atoms with Crippen LogP contribution < -0.4 is 20.8 Å². The van der Waals surface area contributed by atoms with E-state index < -0.39 is 11.8 Å². The fourth-order valence-corrected chi connectivity index (χ4v) is 2.46. The van der Waals surface area contributed by atoms with Gasteiger partial charge in [0.1, 0.15) is 5.75 Å². The first-order chi connectivity index (χ1) is 14.5. The van der Waals surface area contributed by atoms with Gasteiger partial charge in [-0.25, -0.2) is 5.43 Å². The first-order valence-corrected chi connectivity index (χ1v) is 9.75. The van der Waals surface area contributed by atoms with E-state index in [1.54, 1.807) is 48.5 Å². The maximum Gasteiger partial charge on any atom is 0.329 e. The second kappa shape index (κ2) is 12.2. The van der Waals surface area contributed by atoms with Gasteiger partial charge in [0.2, 0.25) is 0 Å². The number of nitrogens with one attached hydrogen (secondary N) is 3. The summed E-state index contributed by atoms with van der Waals surface area (Å²) in [6.45, 7) is 2.23. The van der Waals surface area contributed by atoms with Gasteiger partial charge in [-0.05, 0) is 42.3 Å². The van der Waals surface area contributed by atoms with Gasteiger partial charge in [-0.2, -0.15) is 5.10 Å². The summed E-state index contributed by atoms with van der Waals surface area (Å²) in [6.07, 6.45) is 3.09. The summed E-state index contributed by atoms with van der Waals surface area (Å²) in [4.78, 5) is 35.2. The second-order valence-electron chi connectivity index (χ2n) is 6.23. The van der Waals surface area contributed by atoms with E-state index in [1.807, 2.05) is 6.92 Å². The molecule has 2 aromatic rings. The van der Waals surface area contributed by atoms with E-state index in [0.717, 1.165) is 12.8 Å². The molecule has 0 spiro atoms. The van der Waals surface area contributed by atoms with Crippen molar-refractivity contribution in [2.75, 3.05) is 18.5 Å². The van der Waals surface area contributed by atoms with Gasteiger partial charge in [0, 0.05) is 17.3 Å². The minimum atomic E-state index is -0.840. The number of ether oxygens (including phenoxy) is 1. The van der Waals surface area contributed by atoms with Crippen LogP contribution in [0.2, 0.25) is 5.02 Å². The molecule has 0 saturated carbocycles. The van der Waals surface area contributed by atoms with Crippen molar-refractivity contribution in [3.05, 3.63) is 59.1 Å². The van der Waals surface area contributed by atoms with E-state index in [1.165, 1.54) is 6.21 Å². The highest BCUT2D eigenvalue weighted by molar-refractivity contribution is 6.35. The lowest BCUT2D eigenvalue weighted by atomic mass is 10.2. The Labute approximate surface area is 179 Å². The van der Waals surface area contributed by atoms with Crippen molar-refractivity contribution >= 4 is 41.2 Å². The number of unbranched alkanes of at least 4 members (excludes halogenated alkanes) is 1. The van der Waals surface area contributed by atoms with E-state index in [4.69, 9.17) is 16.3 Å². The molecule has 0 atom stereocenters. The Morgan fingerprint density at radius 3 is 2.67 bits per heavy atom. The normalized spacial score (nSPS) is 10.5. The Balaban J connectivity index is 1.81. The lowest BCUT2D eigenvalue weighted by molar-refractivity contribution is -0.139. The Kier molecular flexibility index (Phi) is 9.33. The molecule has 0 bridgehead atoms. The number of nitrogens with zero attached hydrogens (tertiary/aromatic N) is 1. The zero-order valence-corrected chi connectivity index (χ0v) is 17.2. The van der Waals surface area contributed by atoms with Crippen molar-refractivity contribution in [3.8, 4) is 5.75 Å². The fraction of sp³-hybridized carbons (Fsp3) is 0.238. The molecule has 0 heterocycles. The minimum absolute atomic E-state index is 0.193. The van der Waals surface area contributed by atoms with Gasteiger partial charge in [-0.1, -0.05) is 43.1 Å². The molecule has 0 saturated heterocycles. The second-order valence-corrected chi connectivity index (χ2v) is 6.66. The van der Waals surface area contributed by atoms with Crippen LogP contribution in [0.15, 0.2) is 53.6 Å². The van der Waals surface area contributed by atoms with Crippen molar-refractivity contribution in [2.24, 2.45) is 5.10 Å². The average molecular weight is 431 g/mol. The van der Waals surface area contributed by atoms with Crippen LogP contribution >= 0.6 is 11.6 Å². The summed E-state index contributed by atoms with van der Waals surface area (Å²) in [7, 11) is 0. The molecule has 9 heteroatoms. The summed E-state index contributed by atoms with van der Waals surface area (Å²) in [6, 6.07) is 13.6. The van der Waals surface area contributed by atoms with Crippen molar-refractivity contribution in [2.45, 2.75) is 19.8 Å². The molecule has 0 radical (unpaired) electrons. The third kappa shape index (κ3) is 8.32. The molecule has 3 N–H and O–H groups in total. The Bertz CT molecular complexity index is 917. The molecule has 0 aliphatic rings. The maximum atomic E-state index is 12.0. The van der Waals surface area contributed by atoms with E-state index in [2.05, 4.69) is 21.2 Å². The van der Waals surface area contributed by atoms with Crippen molar-refractivity contribution in [1.29, 1.82) is 0 Å². The van der Waals surface area contributed by atoms with Crippen LogP contribution in [-0.2, 0) is 14.4 Å². The number of hydrazone groups is 1. The fourth-order valence-electron chi connectivity index (χ4n) is 2.27. The van der Waals surface area contributed by atoms with E-state index in [9.17, 15) is 14.4 Å². The zero-order chi connectivity index (χ0) is 21.8. The Morgan fingerprint density at radius 2 is 1.90 bits per heavy atom. The SMILES string of the molecule is CCCCNC(=O)C(=O)N/N=C\c1cccc(OCC(=O)Nc2cccc(Cl)c2)c1. The van der Waals surface area contributed by atoms with Crippen LogP contribution in [0.3, 0.4) is 0 Å². The predicted molar refractivity (Wildman–Crippen MR) is 116 cm³/mol. The minimum Gasteiger partial charge on any atom is -0.484 e. The molecule has 158 valence electrons. The molecular weight excluding hydrogens is 408 g/mol. The number of rotatable bonds is 9. The molecule has 0 aliphatic heterocycles. The van der Waals surface area contributed by atoms with Crippen LogP contribution in [0.25, 0.3) is 0 Å². The Morgan fingerprint density at radius 1 is 1.10 bits per heavy atom. The van der Waals surface area contributed by atoms with Gasteiger partial charge < -0.3 is 15.4 Å². The lowest BCUT2D eigenvalue weighted by Gasteiger charge is -2.08. The first kappa shape index (κ1) is 22.9. The molecule has 0 aliphatic carbocycles. The number of carbonyl (C=O) groups is 3. The van der Waals surface area contributed by atoms with Crippen LogP contribution in [0.5, 0.6) is 5.75 Å². The lowest BCUT2D eigenvalue weighted by Crippen LogP contribution is -2.38. The molecule has 2 aromatic carbocycles. The first-order valence-electron chi connectivity index (χ1n) is 9.37. The van der Waals surface area contributed by atoms with Crippen molar-refractivity contribution in [3.63, 3.8) is 0 Å². The highest BCUT2D eigenvalue weighted by Gasteiger charge is 2.11. The molecule has 0 unspecified atom stereocenters. The molecule has 2 rings (SSSR count). The zero-order valence-electron chi connectivity index (χ0n) is 16.5. The summed E-state index contributed by atoms with van der Waals surface area (Å²) >= 11 is 5.88. The largest absolute Gasteiger partial charge is 0.484 e. The summed E-state index contributed by atoms with van der Waals surface area (Å²) in [5, 5.41) is 9.46. The molecule has 8 nitrogen and oxygen atoms in total. The third-order valence-electron chi connectivity index (χ3n) is 3.74. The highest BCUT2D eigenvalue weighted by atomic mass is 35.5. The van der Waals surface area contributed by atoms with Gasteiger partial charge in [0.15, 0.2) is 6.61 Å². The predicted octanol–water partition coefficient (Wildman–Crippen LogP) is 2.72.